The third kappa shape index (κ3) is 4.44. The molecule has 0 bridgehead atoms. The molecular formula is C20H27NOS. The Balaban J connectivity index is 2.08. The van der Waals surface area contributed by atoms with E-state index in [1.54, 1.807) is 11.3 Å². The second-order valence-electron chi connectivity index (χ2n) is 6.07. The SMILES string of the molecule is CCc1cc(C(=O)N[C@H](CC)c2ccc([C@@H](C)CC)cc2)cs1. The predicted molar refractivity (Wildman–Crippen MR) is 99.3 cm³/mol. The molecule has 0 radical (unpaired) electrons. The fraction of sp³-hybridized carbons (Fsp3) is 0.450. The molecule has 0 aliphatic rings. The second kappa shape index (κ2) is 8.30. The Morgan fingerprint density at radius 3 is 2.26 bits per heavy atom. The quantitative estimate of drug-likeness (QED) is 0.693. The topological polar surface area (TPSA) is 29.1 Å². The van der Waals surface area contributed by atoms with Crippen LogP contribution in [0.2, 0.25) is 0 Å². The van der Waals surface area contributed by atoms with Crippen LogP contribution in [0.3, 0.4) is 0 Å². The standard InChI is InChI=1S/C20H27NOS/c1-5-14(4)15-8-10-16(11-9-15)19(7-3)21-20(22)17-12-18(6-2)23-13-17/h8-14,19H,5-7H2,1-4H3,(H,21,22)/t14-,19+/m0/s1. The van der Waals surface area contributed by atoms with Gasteiger partial charge in [0.25, 0.3) is 5.91 Å². The van der Waals surface area contributed by atoms with Crippen molar-refractivity contribution in [2.24, 2.45) is 0 Å². The highest BCUT2D eigenvalue weighted by molar-refractivity contribution is 7.10. The lowest BCUT2D eigenvalue weighted by molar-refractivity contribution is 0.0936. The summed E-state index contributed by atoms with van der Waals surface area (Å²) in [7, 11) is 0. The van der Waals surface area contributed by atoms with Gasteiger partial charge in [0.1, 0.15) is 0 Å². The maximum Gasteiger partial charge on any atom is 0.252 e. The van der Waals surface area contributed by atoms with Crippen molar-refractivity contribution in [1.82, 2.24) is 5.32 Å². The van der Waals surface area contributed by atoms with E-state index < -0.39 is 0 Å². The van der Waals surface area contributed by atoms with Gasteiger partial charge in [-0.2, -0.15) is 0 Å². The number of carbonyl (C=O) groups is 1. The zero-order valence-corrected chi connectivity index (χ0v) is 15.4. The van der Waals surface area contributed by atoms with E-state index in [0.717, 1.165) is 24.8 Å². The molecule has 23 heavy (non-hydrogen) atoms. The number of thiophene rings is 1. The first-order valence-electron chi connectivity index (χ1n) is 8.57. The third-order valence-electron chi connectivity index (χ3n) is 4.50. The molecule has 1 amide bonds. The lowest BCUT2D eigenvalue weighted by atomic mass is 9.95. The summed E-state index contributed by atoms with van der Waals surface area (Å²) in [5.74, 6) is 0.607. The van der Waals surface area contributed by atoms with E-state index in [4.69, 9.17) is 0 Å². The minimum atomic E-state index is 0.0267. The molecule has 1 aromatic heterocycles. The van der Waals surface area contributed by atoms with Gasteiger partial charge in [-0.15, -0.1) is 11.3 Å². The van der Waals surface area contributed by atoms with Crippen molar-refractivity contribution in [1.29, 1.82) is 0 Å². The molecule has 3 heteroatoms. The van der Waals surface area contributed by atoms with Gasteiger partial charge >= 0.3 is 0 Å². The van der Waals surface area contributed by atoms with E-state index in [9.17, 15) is 4.79 Å². The molecule has 2 aromatic rings. The van der Waals surface area contributed by atoms with Crippen molar-refractivity contribution in [3.8, 4) is 0 Å². The van der Waals surface area contributed by atoms with Crippen LogP contribution in [0.1, 0.15) is 78.9 Å². The minimum absolute atomic E-state index is 0.0267. The van der Waals surface area contributed by atoms with Crippen LogP contribution in [-0.4, -0.2) is 5.91 Å². The first kappa shape index (κ1) is 17.7. The number of carbonyl (C=O) groups excluding carboxylic acids is 1. The molecule has 0 fully saturated rings. The zero-order chi connectivity index (χ0) is 16.8. The number of aryl methyl sites for hydroxylation is 1. The Labute approximate surface area is 143 Å². The first-order valence-corrected chi connectivity index (χ1v) is 9.45. The van der Waals surface area contributed by atoms with Gasteiger partial charge in [-0.05, 0) is 42.4 Å². The Morgan fingerprint density at radius 2 is 1.74 bits per heavy atom. The number of nitrogens with one attached hydrogen (secondary N) is 1. The molecule has 0 saturated carbocycles. The Kier molecular flexibility index (Phi) is 6.40. The summed E-state index contributed by atoms with van der Waals surface area (Å²) in [6.07, 6.45) is 3.01. The van der Waals surface area contributed by atoms with Crippen LogP contribution in [0.15, 0.2) is 35.7 Å². The molecule has 0 unspecified atom stereocenters. The van der Waals surface area contributed by atoms with E-state index in [-0.39, 0.29) is 11.9 Å². The maximum absolute atomic E-state index is 12.4. The molecule has 2 nitrogen and oxygen atoms in total. The van der Waals surface area contributed by atoms with E-state index in [0.29, 0.717) is 5.92 Å². The molecule has 124 valence electrons. The van der Waals surface area contributed by atoms with Crippen molar-refractivity contribution in [2.75, 3.05) is 0 Å². The van der Waals surface area contributed by atoms with Gasteiger partial charge in [-0.25, -0.2) is 0 Å². The molecule has 0 aliphatic carbocycles. The van der Waals surface area contributed by atoms with E-state index in [1.165, 1.54) is 16.0 Å². The van der Waals surface area contributed by atoms with E-state index in [2.05, 4.69) is 57.3 Å². The molecular weight excluding hydrogens is 302 g/mol. The summed E-state index contributed by atoms with van der Waals surface area (Å²) in [5, 5.41) is 5.12. The summed E-state index contributed by atoms with van der Waals surface area (Å²) in [6, 6.07) is 10.8. The molecule has 2 rings (SSSR count). The molecule has 1 heterocycles. The monoisotopic (exact) mass is 329 g/mol. The third-order valence-corrected chi connectivity index (χ3v) is 5.58. The van der Waals surface area contributed by atoms with Gasteiger partial charge in [0.2, 0.25) is 0 Å². The highest BCUT2D eigenvalue weighted by Crippen LogP contribution is 2.23. The Morgan fingerprint density at radius 1 is 1.09 bits per heavy atom. The average molecular weight is 330 g/mol. The van der Waals surface area contributed by atoms with Gasteiger partial charge in [-0.3, -0.25) is 4.79 Å². The van der Waals surface area contributed by atoms with Gasteiger partial charge in [0.15, 0.2) is 0 Å². The van der Waals surface area contributed by atoms with Crippen LogP contribution in [-0.2, 0) is 6.42 Å². The number of hydrogen-bond donors (Lipinski definition) is 1. The van der Waals surface area contributed by atoms with Crippen LogP contribution < -0.4 is 5.32 Å². The lowest BCUT2D eigenvalue weighted by Crippen LogP contribution is -2.27. The van der Waals surface area contributed by atoms with Gasteiger partial charge in [-0.1, -0.05) is 52.0 Å². The van der Waals surface area contributed by atoms with Crippen molar-refractivity contribution in [3.05, 3.63) is 57.3 Å². The van der Waals surface area contributed by atoms with Crippen molar-refractivity contribution < 1.29 is 4.79 Å². The molecule has 1 aromatic carbocycles. The van der Waals surface area contributed by atoms with Crippen molar-refractivity contribution in [2.45, 2.75) is 58.9 Å². The van der Waals surface area contributed by atoms with Crippen LogP contribution in [0, 0.1) is 0 Å². The van der Waals surface area contributed by atoms with E-state index >= 15 is 0 Å². The van der Waals surface area contributed by atoms with Crippen LogP contribution in [0.5, 0.6) is 0 Å². The number of hydrogen-bond acceptors (Lipinski definition) is 2. The normalized spacial score (nSPS) is 13.6. The van der Waals surface area contributed by atoms with Gasteiger partial charge in [0, 0.05) is 10.3 Å². The van der Waals surface area contributed by atoms with Crippen LogP contribution >= 0.6 is 11.3 Å². The number of rotatable bonds is 7. The lowest BCUT2D eigenvalue weighted by Gasteiger charge is -2.18. The maximum atomic E-state index is 12.4. The fourth-order valence-electron chi connectivity index (χ4n) is 2.64. The number of amides is 1. The van der Waals surface area contributed by atoms with Crippen molar-refractivity contribution in [3.63, 3.8) is 0 Å². The molecule has 0 aliphatic heterocycles. The number of benzene rings is 1. The molecule has 0 saturated heterocycles. The second-order valence-corrected chi connectivity index (χ2v) is 7.06. The first-order chi connectivity index (χ1) is 11.1. The summed E-state index contributed by atoms with van der Waals surface area (Å²) in [6.45, 7) is 8.68. The Hall–Kier alpha value is -1.61. The highest BCUT2D eigenvalue weighted by atomic mass is 32.1. The molecule has 1 N–H and O–H groups in total. The zero-order valence-electron chi connectivity index (χ0n) is 14.6. The summed E-state index contributed by atoms with van der Waals surface area (Å²) in [4.78, 5) is 13.7. The predicted octanol–water partition coefficient (Wildman–Crippen LogP) is 5.71. The van der Waals surface area contributed by atoms with E-state index in [1.807, 2.05) is 11.4 Å². The van der Waals surface area contributed by atoms with Crippen molar-refractivity contribution >= 4 is 17.2 Å². The van der Waals surface area contributed by atoms with Gasteiger partial charge < -0.3 is 5.32 Å². The summed E-state index contributed by atoms with van der Waals surface area (Å²) >= 11 is 1.66. The summed E-state index contributed by atoms with van der Waals surface area (Å²) in [5.41, 5.74) is 3.32. The van der Waals surface area contributed by atoms with Gasteiger partial charge in [0.05, 0.1) is 11.6 Å². The molecule has 2 atom stereocenters. The fourth-order valence-corrected chi connectivity index (χ4v) is 3.46. The highest BCUT2D eigenvalue weighted by Gasteiger charge is 2.15. The Bertz CT molecular complexity index is 629. The minimum Gasteiger partial charge on any atom is -0.345 e. The molecule has 0 spiro atoms. The largest absolute Gasteiger partial charge is 0.345 e. The van der Waals surface area contributed by atoms with Crippen LogP contribution in [0.25, 0.3) is 0 Å². The summed E-state index contributed by atoms with van der Waals surface area (Å²) < 4.78 is 0. The van der Waals surface area contributed by atoms with Crippen LogP contribution in [0.4, 0.5) is 0 Å². The smallest absolute Gasteiger partial charge is 0.252 e. The average Bonchev–Trinajstić information content (AvgIpc) is 3.08.